The molecule has 1 rings (SSSR count). The van der Waals surface area contributed by atoms with Crippen LogP contribution in [0.1, 0.15) is 12.8 Å². The highest BCUT2D eigenvalue weighted by atomic mass is 32.2. The van der Waals surface area contributed by atoms with Crippen molar-refractivity contribution < 1.29 is 23.6 Å². The highest BCUT2D eigenvalue weighted by molar-refractivity contribution is 7.84. The monoisotopic (exact) mass is 249 g/mol. The molecule has 1 fully saturated rings. The van der Waals surface area contributed by atoms with Gasteiger partial charge in [0.05, 0.1) is 0 Å². The number of rotatable bonds is 5. The number of ether oxygens (including phenoxy) is 1. The molecule has 1 amide bonds. The summed E-state index contributed by atoms with van der Waals surface area (Å²) in [5.41, 5.74) is 0. The van der Waals surface area contributed by atoms with Crippen molar-refractivity contribution in [2.75, 3.05) is 18.6 Å². The van der Waals surface area contributed by atoms with E-state index in [1.807, 2.05) is 0 Å². The lowest BCUT2D eigenvalue weighted by molar-refractivity contribution is -0.151. The van der Waals surface area contributed by atoms with Crippen molar-refractivity contribution in [2.45, 2.75) is 25.0 Å². The Kier molecular flexibility index (Phi) is 4.88. The van der Waals surface area contributed by atoms with Crippen LogP contribution in [0.25, 0.3) is 0 Å². The average Bonchev–Trinajstić information content (AvgIpc) is 2.65. The Bertz CT molecular complexity index is 306. The summed E-state index contributed by atoms with van der Waals surface area (Å²) < 4.78 is 15.8. The summed E-state index contributed by atoms with van der Waals surface area (Å²) in [5, 5.41) is 11.2. The second kappa shape index (κ2) is 5.95. The molecule has 0 bridgehead atoms. The van der Waals surface area contributed by atoms with Crippen molar-refractivity contribution in [3.63, 3.8) is 0 Å². The van der Waals surface area contributed by atoms with Gasteiger partial charge in [-0.2, -0.15) is 0 Å². The average molecular weight is 249 g/mol. The van der Waals surface area contributed by atoms with E-state index in [0.717, 1.165) is 0 Å². The van der Waals surface area contributed by atoms with Crippen LogP contribution in [0, 0.1) is 0 Å². The van der Waals surface area contributed by atoms with Crippen molar-refractivity contribution in [3.8, 4) is 0 Å². The van der Waals surface area contributed by atoms with Crippen LogP contribution in [0.4, 0.5) is 0 Å². The second-order valence-corrected chi connectivity index (χ2v) is 5.15. The van der Waals surface area contributed by atoms with Gasteiger partial charge >= 0.3 is 5.97 Å². The maximum Gasteiger partial charge on any atom is 0.332 e. The minimum atomic E-state index is -1.04. The van der Waals surface area contributed by atoms with E-state index >= 15 is 0 Å². The molecule has 0 aromatic heterocycles. The summed E-state index contributed by atoms with van der Waals surface area (Å²) in [6.45, 7) is 0.319. The zero-order chi connectivity index (χ0) is 12.1. The lowest BCUT2D eigenvalue weighted by Gasteiger charge is -2.11. The number of aliphatic carboxylic acids is 1. The van der Waals surface area contributed by atoms with Gasteiger partial charge in [0.15, 0.2) is 6.10 Å². The number of carbonyl (C=O) groups excluding carboxylic acids is 1. The van der Waals surface area contributed by atoms with Crippen LogP contribution >= 0.6 is 0 Å². The highest BCUT2D eigenvalue weighted by Crippen LogP contribution is 2.19. The van der Waals surface area contributed by atoms with Gasteiger partial charge in [0.2, 0.25) is 5.91 Å². The van der Waals surface area contributed by atoms with Gasteiger partial charge in [-0.25, -0.2) is 4.79 Å². The molecule has 7 heteroatoms. The number of carboxylic acids is 1. The fourth-order valence-corrected chi connectivity index (χ4v) is 1.83. The number of carbonyl (C=O) groups is 2. The highest BCUT2D eigenvalue weighted by Gasteiger charge is 2.34. The molecule has 0 saturated carbocycles. The van der Waals surface area contributed by atoms with E-state index in [4.69, 9.17) is 9.84 Å². The molecule has 0 aliphatic carbocycles. The molecule has 92 valence electrons. The quantitative estimate of drug-likeness (QED) is 0.659. The molecular formula is C9H15NO5S. The predicted octanol–water partition coefficient (Wildman–Crippen LogP) is -0.887. The number of nitrogens with one attached hydrogen (secondary N) is 1. The summed E-state index contributed by atoms with van der Waals surface area (Å²) in [5.74, 6) is -0.972. The smallest absolute Gasteiger partial charge is 0.332 e. The van der Waals surface area contributed by atoms with E-state index in [-0.39, 0.29) is 5.91 Å². The fraction of sp³-hybridized carbons (Fsp3) is 0.778. The Morgan fingerprint density at radius 1 is 1.44 bits per heavy atom. The lowest BCUT2D eigenvalue weighted by Crippen LogP contribution is -2.37. The second-order valence-electron chi connectivity index (χ2n) is 3.60. The van der Waals surface area contributed by atoms with Crippen molar-refractivity contribution in [3.05, 3.63) is 0 Å². The third kappa shape index (κ3) is 3.90. The molecule has 1 heterocycles. The maximum atomic E-state index is 11.5. The third-order valence-corrected chi connectivity index (χ3v) is 3.06. The lowest BCUT2D eigenvalue weighted by atomic mass is 10.2. The van der Waals surface area contributed by atoms with Gasteiger partial charge in [0.1, 0.15) is 6.10 Å². The van der Waals surface area contributed by atoms with E-state index in [1.165, 1.54) is 0 Å². The first kappa shape index (κ1) is 13.1. The molecular weight excluding hydrogens is 234 g/mol. The third-order valence-electron chi connectivity index (χ3n) is 2.28. The van der Waals surface area contributed by atoms with Gasteiger partial charge in [0, 0.05) is 29.4 Å². The van der Waals surface area contributed by atoms with Crippen molar-refractivity contribution in [1.82, 2.24) is 5.32 Å². The number of carboxylic acid groups (broad SMARTS) is 1. The molecule has 3 unspecified atom stereocenters. The van der Waals surface area contributed by atoms with E-state index in [9.17, 15) is 13.8 Å². The normalized spacial score (nSPS) is 26.3. The molecule has 0 spiro atoms. The van der Waals surface area contributed by atoms with Crippen LogP contribution in [0.2, 0.25) is 0 Å². The molecule has 1 aliphatic heterocycles. The Labute approximate surface area is 95.8 Å². The van der Waals surface area contributed by atoms with Gasteiger partial charge in [-0.1, -0.05) is 0 Å². The Morgan fingerprint density at radius 3 is 2.56 bits per heavy atom. The predicted molar refractivity (Wildman–Crippen MR) is 57.5 cm³/mol. The molecule has 0 aromatic carbocycles. The Hall–Kier alpha value is -0.950. The van der Waals surface area contributed by atoms with Gasteiger partial charge in [-0.3, -0.25) is 9.00 Å². The van der Waals surface area contributed by atoms with Gasteiger partial charge in [0.25, 0.3) is 0 Å². The van der Waals surface area contributed by atoms with Crippen molar-refractivity contribution >= 4 is 22.7 Å². The van der Waals surface area contributed by atoms with E-state index < -0.39 is 29.0 Å². The maximum absolute atomic E-state index is 11.5. The van der Waals surface area contributed by atoms with Crippen LogP contribution in [-0.2, 0) is 25.1 Å². The summed E-state index contributed by atoms with van der Waals surface area (Å²) in [6, 6.07) is 0. The number of hydrogen-bond acceptors (Lipinski definition) is 4. The molecule has 0 radical (unpaired) electrons. The number of hydrogen-bond donors (Lipinski definition) is 2. The first-order chi connectivity index (χ1) is 7.50. The summed E-state index contributed by atoms with van der Waals surface area (Å²) in [7, 11) is -0.947. The zero-order valence-electron chi connectivity index (χ0n) is 8.97. The van der Waals surface area contributed by atoms with Crippen LogP contribution in [0.15, 0.2) is 0 Å². The minimum absolute atomic E-state index is 0.319. The van der Waals surface area contributed by atoms with E-state index in [2.05, 4.69) is 5.32 Å². The first-order valence-corrected chi connectivity index (χ1v) is 6.69. The van der Waals surface area contributed by atoms with Gasteiger partial charge in [-0.05, 0) is 12.8 Å². The largest absolute Gasteiger partial charge is 0.479 e. The minimum Gasteiger partial charge on any atom is -0.479 e. The van der Waals surface area contributed by atoms with Crippen LogP contribution in [-0.4, -0.2) is 52.0 Å². The molecule has 6 nitrogen and oxygen atoms in total. The molecule has 3 atom stereocenters. The van der Waals surface area contributed by atoms with E-state index in [1.54, 1.807) is 6.26 Å². The number of amides is 1. The van der Waals surface area contributed by atoms with Crippen molar-refractivity contribution in [2.24, 2.45) is 0 Å². The topological polar surface area (TPSA) is 92.7 Å². The van der Waals surface area contributed by atoms with Crippen LogP contribution < -0.4 is 5.32 Å². The van der Waals surface area contributed by atoms with Gasteiger partial charge < -0.3 is 15.2 Å². The molecule has 1 saturated heterocycles. The van der Waals surface area contributed by atoms with Crippen LogP contribution in [0.3, 0.4) is 0 Å². The Morgan fingerprint density at radius 2 is 2.06 bits per heavy atom. The molecule has 0 aromatic rings. The summed E-state index contributed by atoms with van der Waals surface area (Å²) >= 11 is 0. The standard InChI is InChI=1S/C9H15NO5S/c1-16(14)5-4-10-8(11)6-2-3-7(15-6)9(12)13/h6-7H,2-5H2,1H3,(H,10,11)(H,12,13). The SMILES string of the molecule is CS(=O)CCNC(=O)C1CCC(C(=O)O)O1. The summed E-state index contributed by atoms with van der Waals surface area (Å²) in [4.78, 5) is 22.0. The molecule has 2 N–H and O–H groups in total. The summed E-state index contributed by atoms with van der Waals surface area (Å²) in [6.07, 6.45) is 0.756. The van der Waals surface area contributed by atoms with E-state index in [0.29, 0.717) is 25.1 Å². The first-order valence-electron chi connectivity index (χ1n) is 4.96. The fourth-order valence-electron chi connectivity index (χ4n) is 1.44. The van der Waals surface area contributed by atoms with Gasteiger partial charge in [-0.15, -0.1) is 0 Å². The van der Waals surface area contributed by atoms with Crippen LogP contribution in [0.5, 0.6) is 0 Å². The molecule has 16 heavy (non-hydrogen) atoms. The Balaban J connectivity index is 2.28. The zero-order valence-corrected chi connectivity index (χ0v) is 9.79. The van der Waals surface area contributed by atoms with Crippen molar-refractivity contribution in [1.29, 1.82) is 0 Å². The molecule has 1 aliphatic rings.